The van der Waals surface area contributed by atoms with Crippen LogP contribution in [-0.2, 0) is 0 Å². The average Bonchev–Trinajstić information content (AvgIpc) is 2.60. The van der Waals surface area contributed by atoms with E-state index in [0.29, 0.717) is 43.1 Å². The number of nitrogens with one attached hydrogen (secondary N) is 1. The molecule has 0 atom stereocenters. The quantitative estimate of drug-likeness (QED) is 0.814. The van der Waals surface area contributed by atoms with Crippen molar-refractivity contribution in [2.75, 3.05) is 25.0 Å². The zero-order valence-electron chi connectivity index (χ0n) is 14.9. The van der Waals surface area contributed by atoms with Crippen LogP contribution in [0.3, 0.4) is 0 Å². The van der Waals surface area contributed by atoms with Gasteiger partial charge in [0.15, 0.2) is 0 Å². The Balaban J connectivity index is 1.56. The molecule has 2 heterocycles. The predicted molar refractivity (Wildman–Crippen MR) is 103 cm³/mol. The number of hydrogen-bond acceptors (Lipinski definition) is 4. The monoisotopic (exact) mass is 420 g/mol. The number of likely N-dealkylation sites (tertiary alicyclic amines) is 1. The smallest absolute Gasteiger partial charge is 0.253 e. The normalized spacial score (nSPS) is 16.4. The molecule has 1 fully saturated rings. The van der Waals surface area contributed by atoms with E-state index in [9.17, 15) is 4.79 Å². The number of nitrogens with zero attached hydrogens (tertiary/aromatic N) is 3. The van der Waals surface area contributed by atoms with Crippen molar-refractivity contribution in [3.63, 3.8) is 0 Å². The van der Waals surface area contributed by atoms with Crippen molar-refractivity contribution in [3.8, 4) is 0 Å². The molecule has 0 unspecified atom stereocenters. The summed E-state index contributed by atoms with van der Waals surface area (Å²) in [5.41, 5.74) is 0.135. The van der Waals surface area contributed by atoms with Crippen molar-refractivity contribution >= 4 is 27.7 Å². The third-order valence-electron chi connectivity index (χ3n) is 4.59. The lowest BCUT2D eigenvalue weighted by molar-refractivity contribution is 0.0483. The topological polar surface area (TPSA) is 58.1 Å². The van der Waals surface area contributed by atoms with Crippen LogP contribution in [0.1, 0.15) is 34.7 Å². The van der Waals surface area contributed by atoms with Gasteiger partial charge in [0.05, 0.1) is 6.54 Å². The lowest BCUT2D eigenvalue weighted by Crippen LogP contribution is -2.47. The van der Waals surface area contributed by atoms with E-state index in [0.717, 1.165) is 10.2 Å². The van der Waals surface area contributed by atoms with E-state index in [1.165, 1.54) is 0 Å². The van der Waals surface area contributed by atoms with Gasteiger partial charge in [-0.25, -0.2) is 14.4 Å². The van der Waals surface area contributed by atoms with Gasteiger partial charge in [0, 0.05) is 47.7 Å². The Morgan fingerprint density at radius 2 is 1.88 bits per heavy atom. The molecule has 1 aliphatic rings. The number of halogens is 2. The van der Waals surface area contributed by atoms with Crippen LogP contribution in [0.25, 0.3) is 0 Å². The lowest BCUT2D eigenvalue weighted by Gasteiger charge is -2.36. The Morgan fingerprint density at radius 1 is 1.23 bits per heavy atom. The first-order valence-electron chi connectivity index (χ1n) is 8.65. The Kier molecular flexibility index (Phi) is 5.55. The number of carbonyl (C=O) groups is 1. The zero-order valence-corrected chi connectivity index (χ0v) is 16.5. The minimum Gasteiger partial charge on any atom is -0.367 e. The molecule has 1 N–H and O–H groups in total. The van der Waals surface area contributed by atoms with Gasteiger partial charge in [-0.05, 0) is 38.1 Å². The number of hydrogen-bond donors (Lipinski definition) is 1. The summed E-state index contributed by atoms with van der Waals surface area (Å²) < 4.78 is 16.0. The zero-order chi connectivity index (χ0) is 18.7. The fourth-order valence-electron chi connectivity index (χ4n) is 3.12. The summed E-state index contributed by atoms with van der Waals surface area (Å²) in [5, 5.41) is 3.08. The van der Waals surface area contributed by atoms with Crippen LogP contribution in [0.2, 0.25) is 0 Å². The largest absolute Gasteiger partial charge is 0.367 e. The molecule has 1 saturated heterocycles. The summed E-state index contributed by atoms with van der Waals surface area (Å²) in [6.07, 6.45) is 0.622. The molecule has 26 heavy (non-hydrogen) atoms. The third kappa shape index (κ3) is 4.58. The number of anilines is 1. The van der Waals surface area contributed by atoms with E-state index in [4.69, 9.17) is 0 Å². The average molecular weight is 421 g/mol. The van der Waals surface area contributed by atoms with Gasteiger partial charge in [0.2, 0.25) is 0 Å². The van der Waals surface area contributed by atoms with Crippen molar-refractivity contribution in [3.05, 3.63) is 51.9 Å². The van der Waals surface area contributed by atoms with Crippen LogP contribution < -0.4 is 5.32 Å². The molecular weight excluding hydrogens is 399 g/mol. The molecule has 5 nitrogen and oxygen atoms in total. The van der Waals surface area contributed by atoms with Crippen molar-refractivity contribution in [1.29, 1.82) is 0 Å². The Labute approximate surface area is 161 Å². The van der Waals surface area contributed by atoms with Crippen molar-refractivity contribution < 1.29 is 9.18 Å². The third-order valence-corrected chi connectivity index (χ3v) is 5.12. The van der Waals surface area contributed by atoms with Gasteiger partial charge in [0.25, 0.3) is 5.91 Å². The fourth-order valence-corrected chi connectivity index (χ4v) is 3.38. The van der Waals surface area contributed by atoms with Crippen molar-refractivity contribution in [2.24, 2.45) is 0 Å². The molecule has 1 amide bonds. The highest BCUT2D eigenvalue weighted by molar-refractivity contribution is 9.10. The molecule has 0 spiro atoms. The van der Waals surface area contributed by atoms with E-state index in [2.05, 4.69) is 31.2 Å². The van der Waals surface area contributed by atoms with Crippen LogP contribution in [0.15, 0.2) is 34.8 Å². The first-order valence-corrected chi connectivity index (χ1v) is 9.44. The molecule has 0 radical (unpaired) electrons. The number of amides is 1. The molecule has 138 valence electrons. The molecule has 0 bridgehead atoms. The first kappa shape index (κ1) is 18.8. The van der Waals surface area contributed by atoms with Crippen LogP contribution in [0.5, 0.6) is 0 Å². The minimum absolute atomic E-state index is 0.0467. The van der Waals surface area contributed by atoms with Crippen molar-refractivity contribution in [1.82, 2.24) is 14.9 Å². The van der Waals surface area contributed by atoms with Gasteiger partial charge >= 0.3 is 0 Å². The van der Waals surface area contributed by atoms with Crippen LogP contribution in [0, 0.1) is 13.8 Å². The van der Waals surface area contributed by atoms with E-state index in [-0.39, 0.29) is 12.5 Å². The highest BCUT2D eigenvalue weighted by atomic mass is 79.9. The summed E-state index contributed by atoms with van der Waals surface area (Å²) in [4.78, 5) is 22.8. The molecule has 1 aliphatic heterocycles. The Hall–Kier alpha value is -2.02. The highest BCUT2D eigenvalue weighted by Crippen LogP contribution is 2.28. The number of aromatic nitrogens is 2. The van der Waals surface area contributed by atoms with E-state index >= 15 is 4.39 Å². The SMILES string of the molecule is Cc1cc(NCC2(F)CCN(C(=O)c3ccc(Br)cc3)CC2)nc(C)n1. The van der Waals surface area contributed by atoms with E-state index < -0.39 is 5.67 Å². The van der Waals surface area contributed by atoms with Gasteiger partial charge in [-0.3, -0.25) is 4.79 Å². The van der Waals surface area contributed by atoms with Gasteiger partial charge in [0.1, 0.15) is 17.3 Å². The van der Waals surface area contributed by atoms with Crippen molar-refractivity contribution in [2.45, 2.75) is 32.4 Å². The number of aryl methyl sites for hydroxylation is 2. The van der Waals surface area contributed by atoms with Gasteiger partial charge in [-0.15, -0.1) is 0 Å². The summed E-state index contributed by atoms with van der Waals surface area (Å²) >= 11 is 3.36. The molecule has 2 aromatic rings. The van der Waals surface area contributed by atoms with Gasteiger partial charge < -0.3 is 10.2 Å². The van der Waals surface area contributed by atoms with Crippen LogP contribution in [-0.4, -0.2) is 46.1 Å². The predicted octanol–water partition coefficient (Wildman–Crippen LogP) is 3.91. The second kappa shape index (κ2) is 7.70. The molecule has 1 aromatic heterocycles. The van der Waals surface area contributed by atoms with E-state index in [1.807, 2.05) is 32.0 Å². The lowest BCUT2D eigenvalue weighted by atomic mass is 9.92. The van der Waals surface area contributed by atoms with Gasteiger partial charge in [-0.2, -0.15) is 0 Å². The number of carbonyl (C=O) groups excluding carboxylic acids is 1. The van der Waals surface area contributed by atoms with Crippen LogP contribution >= 0.6 is 15.9 Å². The summed E-state index contributed by atoms with van der Waals surface area (Å²) in [7, 11) is 0. The summed E-state index contributed by atoms with van der Waals surface area (Å²) in [6, 6.07) is 9.05. The molecular formula is C19H22BrFN4O. The maximum Gasteiger partial charge on any atom is 0.253 e. The molecule has 7 heteroatoms. The van der Waals surface area contributed by atoms with Crippen LogP contribution in [0.4, 0.5) is 10.2 Å². The number of alkyl halides is 1. The molecule has 0 aliphatic carbocycles. The fraction of sp³-hybridized carbons (Fsp3) is 0.421. The first-order chi connectivity index (χ1) is 12.3. The maximum atomic E-state index is 15.1. The standard InChI is InChI=1S/C19H22BrFN4O/c1-13-11-17(24-14(2)23-13)22-12-19(21)7-9-25(10-8-19)18(26)15-3-5-16(20)6-4-15/h3-6,11H,7-10,12H2,1-2H3,(H,22,23,24). The van der Waals surface area contributed by atoms with E-state index in [1.54, 1.807) is 17.0 Å². The second-order valence-electron chi connectivity index (χ2n) is 6.75. The number of rotatable bonds is 4. The van der Waals surface area contributed by atoms with Gasteiger partial charge in [-0.1, -0.05) is 15.9 Å². The number of piperidine rings is 1. The Bertz CT molecular complexity index is 768. The second-order valence-corrected chi connectivity index (χ2v) is 7.66. The number of benzene rings is 1. The molecule has 1 aromatic carbocycles. The summed E-state index contributed by atoms with van der Waals surface area (Å²) in [5.74, 6) is 1.25. The molecule has 0 saturated carbocycles. The summed E-state index contributed by atoms with van der Waals surface area (Å²) in [6.45, 7) is 4.71. The minimum atomic E-state index is -1.34. The maximum absolute atomic E-state index is 15.1. The highest BCUT2D eigenvalue weighted by Gasteiger charge is 2.36. The Morgan fingerprint density at radius 3 is 2.50 bits per heavy atom. The molecule has 3 rings (SSSR count).